The fourth-order valence-corrected chi connectivity index (χ4v) is 1.20. The highest BCUT2D eigenvalue weighted by molar-refractivity contribution is 5.60. The van der Waals surface area contributed by atoms with Crippen molar-refractivity contribution in [1.82, 2.24) is 5.32 Å². The molecule has 0 aliphatic carbocycles. The maximum absolute atomic E-state index is 10.8. The highest BCUT2D eigenvalue weighted by Crippen LogP contribution is 2.07. The van der Waals surface area contributed by atoms with Gasteiger partial charge in [-0.1, -0.05) is 0 Å². The van der Waals surface area contributed by atoms with E-state index < -0.39 is 6.16 Å². The Morgan fingerprint density at radius 1 is 1.50 bits per heavy atom. The predicted octanol–water partition coefficient (Wildman–Crippen LogP) is 0.912. The van der Waals surface area contributed by atoms with Crippen molar-refractivity contribution in [2.24, 2.45) is 0 Å². The first-order valence-electron chi connectivity index (χ1n) is 4.37. The van der Waals surface area contributed by atoms with Gasteiger partial charge in [0.1, 0.15) is 6.10 Å². The first-order valence-corrected chi connectivity index (χ1v) is 4.37. The summed E-state index contributed by atoms with van der Waals surface area (Å²) in [6.45, 7) is 3.99. The number of nitrogens with one attached hydrogen (secondary N) is 1. The van der Waals surface area contributed by atoms with Crippen molar-refractivity contribution in [3.8, 4) is 0 Å². The van der Waals surface area contributed by atoms with E-state index in [9.17, 15) is 4.79 Å². The lowest BCUT2D eigenvalue weighted by atomic mass is 10.1. The molecule has 1 aliphatic rings. The van der Waals surface area contributed by atoms with E-state index in [1.54, 1.807) is 6.92 Å². The van der Waals surface area contributed by atoms with Gasteiger partial charge in [-0.2, -0.15) is 0 Å². The van der Waals surface area contributed by atoms with E-state index in [2.05, 4.69) is 10.1 Å². The van der Waals surface area contributed by atoms with Crippen LogP contribution in [0.1, 0.15) is 19.8 Å². The molecule has 1 N–H and O–H groups in total. The zero-order valence-corrected chi connectivity index (χ0v) is 7.34. The van der Waals surface area contributed by atoms with Crippen LogP contribution in [0, 0.1) is 0 Å². The minimum Gasteiger partial charge on any atom is -0.435 e. The molecule has 4 heteroatoms. The van der Waals surface area contributed by atoms with Gasteiger partial charge in [-0.25, -0.2) is 4.79 Å². The minimum atomic E-state index is -0.538. The maximum Gasteiger partial charge on any atom is 0.508 e. The highest BCUT2D eigenvalue weighted by atomic mass is 16.7. The van der Waals surface area contributed by atoms with Gasteiger partial charge >= 0.3 is 6.16 Å². The molecule has 70 valence electrons. The average Bonchev–Trinajstić information content (AvgIpc) is 2.06. The van der Waals surface area contributed by atoms with E-state index in [1.807, 2.05) is 0 Å². The first-order chi connectivity index (χ1) is 5.83. The summed E-state index contributed by atoms with van der Waals surface area (Å²) in [5, 5.41) is 3.19. The van der Waals surface area contributed by atoms with Crippen LogP contribution in [-0.2, 0) is 9.47 Å². The van der Waals surface area contributed by atoms with Crippen LogP contribution in [0.5, 0.6) is 0 Å². The van der Waals surface area contributed by atoms with Gasteiger partial charge < -0.3 is 14.8 Å². The summed E-state index contributed by atoms with van der Waals surface area (Å²) in [4.78, 5) is 10.8. The van der Waals surface area contributed by atoms with E-state index in [0.717, 1.165) is 25.9 Å². The SMILES string of the molecule is CCOC(=O)OC1CCNCC1. The Kier molecular flexibility index (Phi) is 3.87. The lowest BCUT2D eigenvalue weighted by Crippen LogP contribution is -2.33. The van der Waals surface area contributed by atoms with Crippen molar-refractivity contribution in [1.29, 1.82) is 0 Å². The van der Waals surface area contributed by atoms with E-state index in [1.165, 1.54) is 0 Å². The van der Waals surface area contributed by atoms with Crippen molar-refractivity contribution in [3.63, 3.8) is 0 Å². The molecule has 0 unspecified atom stereocenters. The number of carbonyl (C=O) groups is 1. The number of rotatable bonds is 2. The van der Waals surface area contributed by atoms with E-state index in [-0.39, 0.29) is 6.10 Å². The van der Waals surface area contributed by atoms with Crippen LogP contribution in [0.2, 0.25) is 0 Å². The summed E-state index contributed by atoms with van der Waals surface area (Å²) < 4.78 is 9.69. The lowest BCUT2D eigenvalue weighted by molar-refractivity contribution is 0.0163. The Morgan fingerprint density at radius 2 is 2.17 bits per heavy atom. The van der Waals surface area contributed by atoms with E-state index in [0.29, 0.717) is 6.61 Å². The third kappa shape index (κ3) is 3.09. The van der Waals surface area contributed by atoms with Gasteiger partial charge in [0.15, 0.2) is 0 Å². The Bertz CT molecular complexity index is 143. The monoisotopic (exact) mass is 173 g/mol. The molecule has 0 spiro atoms. The summed E-state index contributed by atoms with van der Waals surface area (Å²) >= 11 is 0. The van der Waals surface area contributed by atoms with Crippen molar-refractivity contribution in [3.05, 3.63) is 0 Å². The molecule has 0 atom stereocenters. The third-order valence-corrected chi connectivity index (χ3v) is 1.81. The van der Waals surface area contributed by atoms with E-state index >= 15 is 0 Å². The van der Waals surface area contributed by atoms with Crippen molar-refractivity contribution >= 4 is 6.16 Å². The number of ether oxygens (including phenoxy) is 2. The third-order valence-electron chi connectivity index (χ3n) is 1.81. The molecule has 0 aromatic carbocycles. The maximum atomic E-state index is 10.8. The molecule has 1 saturated heterocycles. The van der Waals surface area contributed by atoms with Gasteiger partial charge in [-0.3, -0.25) is 0 Å². The Labute approximate surface area is 72.2 Å². The molecule has 0 aromatic rings. The van der Waals surface area contributed by atoms with Crippen LogP contribution in [0.25, 0.3) is 0 Å². The molecule has 0 amide bonds. The molecule has 1 heterocycles. The van der Waals surface area contributed by atoms with Gasteiger partial charge in [-0.15, -0.1) is 0 Å². The summed E-state index contributed by atoms with van der Waals surface area (Å²) in [5.74, 6) is 0. The molecular formula is C8H15NO3. The fourth-order valence-electron chi connectivity index (χ4n) is 1.20. The smallest absolute Gasteiger partial charge is 0.435 e. The van der Waals surface area contributed by atoms with Gasteiger partial charge in [0.25, 0.3) is 0 Å². The Hall–Kier alpha value is -0.770. The molecule has 4 nitrogen and oxygen atoms in total. The van der Waals surface area contributed by atoms with Gasteiger partial charge in [0, 0.05) is 0 Å². The van der Waals surface area contributed by atoms with Crippen molar-refractivity contribution in [2.45, 2.75) is 25.9 Å². The molecule has 1 aliphatic heterocycles. The number of carbonyl (C=O) groups excluding carboxylic acids is 1. The quantitative estimate of drug-likeness (QED) is 0.630. The molecule has 0 aromatic heterocycles. The average molecular weight is 173 g/mol. The van der Waals surface area contributed by atoms with Gasteiger partial charge in [-0.05, 0) is 32.9 Å². The zero-order valence-electron chi connectivity index (χ0n) is 7.34. The standard InChI is InChI=1S/C8H15NO3/c1-2-11-8(10)12-7-3-5-9-6-4-7/h7,9H,2-6H2,1H3. The minimum absolute atomic E-state index is 0.0466. The number of hydrogen-bond acceptors (Lipinski definition) is 4. The fraction of sp³-hybridized carbons (Fsp3) is 0.875. The first kappa shape index (κ1) is 9.32. The summed E-state index contributed by atoms with van der Waals surface area (Å²) in [7, 11) is 0. The second-order valence-corrected chi connectivity index (χ2v) is 2.75. The van der Waals surface area contributed by atoms with Gasteiger partial charge in [0.2, 0.25) is 0 Å². The Morgan fingerprint density at radius 3 is 2.75 bits per heavy atom. The van der Waals surface area contributed by atoms with Crippen molar-refractivity contribution < 1.29 is 14.3 Å². The van der Waals surface area contributed by atoms with E-state index in [4.69, 9.17) is 4.74 Å². The highest BCUT2D eigenvalue weighted by Gasteiger charge is 2.17. The molecular weight excluding hydrogens is 158 g/mol. The van der Waals surface area contributed by atoms with Crippen LogP contribution in [0.15, 0.2) is 0 Å². The zero-order chi connectivity index (χ0) is 8.81. The Balaban J connectivity index is 2.15. The van der Waals surface area contributed by atoms with Crippen LogP contribution < -0.4 is 5.32 Å². The van der Waals surface area contributed by atoms with Gasteiger partial charge in [0.05, 0.1) is 6.61 Å². The second kappa shape index (κ2) is 4.98. The summed E-state index contributed by atoms with van der Waals surface area (Å²) in [5.41, 5.74) is 0. The molecule has 1 rings (SSSR count). The van der Waals surface area contributed by atoms with Crippen LogP contribution >= 0.6 is 0 Å². The lowest BCUT2D eigenvalue weighted by Gasteiger charge is -2.21. The summed E-state index contributed by atoms with van der Waals surface area (Å²) in [6, 6.07) is 0. The number of hydrogen-bond donors (Lipinski definition) is 1. The molecule has 0 saturated carbocycles. The molecule has 0 radical (unpaired) electrons. The van der Waals surface area contributed by atoms with Crippen molar-refractivity contribution in [2.75, 3.05) is 19.7 Å². The normalized spacial score (nSPS) is 18.8. The topological polar surface area (TPSA) is 47.6 Å². The number of piperidine rings is 1. The molecule has 0 bridgehead atoms. The molecule has 12 heavy (non-hydrogen) atoms. The van der Waals surface area contributed by atoms with Crippen LogP contribution in [0.4, 0.5) is 4.79 Å². The largest absolute Gasteiger partial charge is 0.508 e. The van der Waals surface area contributed by atoms with Crippen LogP contribution in [-0.4, -0.2) is 32.0 Å². The molecule has 1 fully saturated rings. The summed E-state index contributed by atoms with van der Waals surface area (Å²) in [6.07, 6.45) is 1.28. The van der Waals surface area contributed by atoms with Crippen LogP contribution in [0.3, 0.4) is 0 Å². The second-order valence-electron chi connectivity index (χ2n) is 2.75. The predicted molar refractivity (Wildman–Crippen MR) is 44.0 cm³/mol.